The molecule has 0 radical (unpaired) electrons. The number of para-hydroxylation sites is 1. The highest BCUT2D eigenvalue weighted by molar-refractivity contribution is 6.05. The van der Waals surface area contributed by atoms with Crippen molar-refractivity contribution in [2.75, 3.05) is 12.8 Å². The summed E-state index contributed by atoms with van der Waals surface area (Å²) in [5.41, 5.74) is 5.66. The number of nitrogens with zero attached hydrogens (tertiary/aromatic N) is 3. The zero-order valence-corrected chi connectivity index (χ0v) is 13.0. The van der Waals surface area contributed by atoms with Crippen LogP contribution in [0.15, 0.2) is 42.5 Å². The van der Waals surface area contributed by atoms with Crippen LogP contribution in [-0.4, -0.2) is 33.7 Å². The van der Waals surface area contributed by atoms with Crippen LogP contribution in [0.2, 0.25) is 0 Å². The van der Waals surface area contributed by atoms with Gasteiger partial charge >= 0.3 is 5.97 Å². The highest BCUT2D eigenvalue weighted by atomic mass is 16.6. The molecule has 0 unspecified atom stereocenters. The van der Waals surface area contributed by atoms with E-state index in [9.17, 15) is 19.7 Å². The molecule has 0 bridgehead atoms. The van der Waals surface area contributed by atoms with Crippen LogP contribution in [0.1, 0.15) is 20.7 Å². The summed E-state index contributed by atoms with van der Waals surface area (Å²) in [6, 6.07) is 10.1. The first-order chi connectivity index (χ1) is 11.9. The molecule has 0 saturated carbocycles. The summed E-state index contributed by atoms with van der Waals surface area (Å²) < 4.78 is 5.62. The Labute approximate surface area is 140 Å². The lowest BCUT2D eigenvalue weighted by Gasteiger charge is -2.05. The lowest BCUT2D eigenvalue weighted by Crippen LogP contribution is -2.15. The fourth-order valence-electron chi connectivity index (χ4n) is 2.44. The minimum Gasteiger partial charge on any atom is -0.465 e. The molecule has 1 aromatic heterocycles. The Morgan fingerprint density at radius 2 is 1.88 bits per heavy atom. The number of nitrogen functional groups attached to an aromatic ring is 1. The third-order valence-electron chi connectivity index (χ3n) is 3.60. The third kappa shape index (κ3) is 2.78. The lowest BCUT2D eigenvalue weighted by molar-refractivity contribution is -0.384. The topological polar surface area (TPSA) is 130 Å². The van der Waals surface area contributed by atoms with E-state index >= 15 is 0 Å². The van der Waals surface area contributed by atoms with Gasteiger partial charge in [-0.05, 0) is 18.2 Å². The first-order valence-electron chi connectivity index (χ1n) is 7.08. The van der Waals surface area contributed by atoms with Crippen LogP contribution >= 0.6 is 0 Å². The molecule has 2 N–H and O–H groups in total. The Hall–Kier alpha value is -3.75. The van der Waals surface area contributed by atoms with E-state index in [0.29, 0.717) is 10.9 Å². The molecule has 25 heavy (non-hydrogen) atoms. The van der Waals surface area contributed by atoms with Gasteiger partial charge in [-0.1, -0.05) is 12.1 Å². The van der Waals surface area contributed by atoms with Gasteiger partial charge in [-0.3, -0.25) is 14.9 Å². The number of benzene rings is 2. The maximum Gasteiger partial charge on any atom is 0.338 e. The number of carbonyl (C=O) groups excluding carboxylic acids is 2. The number of esters is 1. The molecule has 3 aromatic rings. The number of fused-ring (bicyclic) bond motifs is 1. The zero-order valence-electron chi connectivity index (χ0n) is 13.0. The number of nitro benzene ring substituents is 1. The molecule has 126 valence electrons. The van der Waals surface area contributed by atoms with Crippen molar-refractivity contribution in [3.63, 3.8) is 0 Å². The molecule has 0 aliphatic rings. The van der Waals surface area contributed by atoms with Crippen LogP contribution in [0.25, 0.3) is 10.9 Å². The van der Waals surface area contributed by atoms with Gasteiger partial charge < -0.3 is 10.5 Å². The molecule has 0 aliphatic heterocycles. The van der Waals surface area contributed by atoms with Gasteiger partial charge in [0.1, 0.15) is 0 Å². The van der Waals surface area contributed by atoms with E-state index in [0.717, 1.165) is 23.9 Å². The highest BCUT2D eigenvalue weighted by Gasteiger charge is 2.21. The van der Waals surface area contributed by atoms with Gasteiger partial charge in [0.25, 0.3) is 11.6 Å². The summed E-state index contributed by atoms with van der Waals surface area (Å²) >= 11 is 0. The maximum atomic E-state index is 12.8. The Bertz CT molecular complexity index is 1020. The summed E-state index contributed by atoms with van der Waals surface area (Å²) in [5, 5.41) is 15.7. The first kappa shape index (κ1) is 16.1. The summed E-state index contributed by atoms with van der Waals surface area (Å²) in [7, 11) is 1.14. The number of hydrogen-bond donors (Lipinski definition) is 1. The molecule has 1 heterocycles. The Balaban J connectivity index is 2.17. The monoisotopic (exact) mass is 340 g/mol. The molecule has 0 saturated heterocycles. The summed E-state index contributed by atoms with van der Waals surface area (Å²) in [6.07, 6.45) is 0. The number of anilines is 1. The van der Waals surface area contributed by atoms with E-state index in [2.05, 4.69) is 9.84 Å². The van der Waals surface area contributed by atoms with Crippen molar-refractivity contribution >= 4 is 34.3 Å². The van der Waals surface area contributed by atoms with Crippen molar-refractivity contribution in [3.8, 4) is 0 Å². The van der Waals surface area contributed by atoms with Crippen LogP contribution in [-0.2, 0) is 4.74 Å². The molecule has 9 heteroatoms. The van der Waals surface area contributed by atoms with Crippen molar-refractivity contribution in [1.29, 1.82) is 0 Å². The van der Waals surface area contributed by atoms with Crippen LogP contribution in [0.4, 0.5) is 11.5 Å². The standard InChI is InChI=1S/C16H12N4O5/c1-25-16(22)10-6-9(7-11(8-10)20(23)24)15(21)19-13-5-3-2-4-12(13)14(17)18-19/h2-8H,1H3,(H2,17,18). The van der Waals surface area contributed by atoms with Crippen LogP contribution < -0.4 is 5.73 Å². The second kappa shape index (κ2) is 6.04. The quantitative estimate of drug-likeness (QED) is 0.438. The van der Waals surface area contributed by atoms with Gasteiger partial charge in [-0.15, -0.1) is 5.10 Å². The number of methoxy groups -OCH3 is 1. The Morgan fingerprint density at radius 1 is 1.20 bits per heavy atom. The van der Waals surface area contributed by atoms with Crippen molar-refractivity contribution in [2.24, 2.45) is 0 Å². The first-order valence-corrected chi connectivity index (χ1v) is 7.08. The predicted molar refractivity (Wildman–Crippen MR) is 88.3 cm³/mol. The van der Waals surface area contributed by atoms with Gasteiger partial charge in [0, 0.05) is 23.1 Å². The smallest absolute Gasteiger partial charge is 0.338 e. The van der Waals surface area contributed by atoms with E-state index in [1.54, 1.807) is 24.3 Å². The molecular weight excluding hydrogens is 328 g/mol. The number of carbonyl (C=O) groups is 2. The van der Waals surface area contributed by atoms with Crippen molar-refractivity contribution in [2.45, 2.75) is 0 Å². The molecule has 0 aliphatic carbocycles. The van der Waals surface area contributed by atoms with E-state index in [-0.39, 0.29) is 16.9 Å². The fourth-order valence-corrected chi connectivity index (χ4v) is 2.44. The molecular formula is C16H12N4O5. The summed E-state index contributed by atoms with van der Waals surface area (Å²) in [6.45, 7) is 0. The minimum atomic E-state index is -0.789. The summed E-state index contributed by atoms with van der Waals surface area (Å²) in [5.74, 6) is -1.29. The third-order valence-corrected chi connectivity index (χ3v) is 3.60. The minimum absolute atomic E-state index is 0.0807. The molecule has 0 amide bonds. The van der Waals surface area contributed by atoms with Gasteiger partial charge in [0.05, 0.1) is 23.1 Å². The van der Waals surface area contributed by atoms with Gasteiger partial charge in [-0.25, -0.2) is 4.79 Å². The second-order valence-electron chi connectivity index (χ2n) is 5.14. The van der Waals surface area contributed by atoms with E-state index in [1.165, 1.54) is 6.07 Å². The average molecular weight is 340 g/mol. The average Bonchev–Trinajstić information content (AvgIpc) is 2.97. The number of nitro groups is 1. The van der Waals surface area contributed by atoms with Crippen LogP contribution in [0, 0.1) is 10.1 Å². The van der Waals surface area contributed by atoms with E-state index in [1.807, 2.05) is 0 Å². The van der Waals surface area contributed by atoms with Crippen LogP contribution in [0.5, 0.6) is 0 Å². The number of non-ortho nitro benzene ring substituents is 1. The van der Waals surface area contributed by atoms with Gasteiger partial charge in [-0.2, -0.15) is 4.68 Å². The van der Waals surface area contributed by atoms with E-state index < -0.39 is 22.5 Å². The molecule has 0 spiro atoms. The fraction of sp³-hybridized carbons (Fsp3) is 0.0625. The number of ether oxygens (including phenoxy) is 1. The molecule has 2 aromatic carbocycles. The van der Waals surface area contributed by atoms with Crippen molar-refractivity contribution in [3.05, 3.63) is 63.7 Å². The van der Waals surface area contributed by atoms with Crippen LogP contribution in [0.3, 0.4) is 0 Å². The number of nitrogens with two attached hydrogens (primary N) is 1. The van der Waals surface area contributed by atoms with Crippen molar-refractivity contribution < 1.29 is 19.2 Å². The molecule has 3 rings (SSSR count). The lowest BCUT2D eigenvalue weighted by atomic mass is 10.1. The predicted octanol–water partition coefficient (Wildman–Crippen LogP) is 2.00. The number of rotatable bonds is 3. The SMILES string of the molecule is COC(=O)c1cc(C(=O)n2nc(N)c3ccccc32)cc([N+](=O)[O-])c1. The summed E-state index contributed by atoms with van der Waals surface area (Å²) in [4.78, 5) is 34.9. The second-order valence-corrected chi connectivity index (χ2v) is 5.14. The van der Waals surface area contributed by atoms with Gasteiger partial charge in [0.2, 0.25) is 0 Å². The largest absolute Gasteiger partial charge is 0.465 e. The molecule has 0 fully saturated rings. The Morgan fingerprint density at radius 3 is 2.56 bits per heavy atom. The number of aromatic nitrogens is 2. The Kier molecular flexibility index (Phi) is 3.89. The van der Waals surface area contributed by atoms with E-state index in [4.69, 9.17) is 5.73 Å². The highest BCUT2D eigenvalue weighted by Crippen LogP contribution is 2.23. The normalized spacial score (nSPS) is 10.6. The number of hydrogen-bond acceptors (Lipinski definition) is 7. The molecule has 0 atom stereocenters. The van der Waals surface area contributed by atoms with Crippen molar-refractivity contribution in [1.82, 2.24) is 9.78 Å². The zero-order chi connectivity index (χ0) is 18.1. The van der Waals surface area contributed by atoms with Gasteiger partial charge in [0.15, 0.2) is 5.82 Å². The molecule has 9 nitrogen and oxygen atoms in total. The maximum absolute atomic E-state index is 12.8.